The van der Waals surface area contributed by atoms with Gasteiger partial charge in [0.2, 0.25) is 0 Å². The summed E-state index contributed by atoms with van der Waals surface area (Å²) >= 11 is 11.8. The van der Waals surface area contributed by atoms with Gasteiger partial charge in [-0.3, -0.25) is 0 Å². The van der Waals surface area contributed by atoms with Crippen molar-refractivity contribution in [2.24, 2.45) is 5.92 Å². The quantitative estimate of drug-likeness (QED) is 0.823. The van der Waals surface area contributed by atoms with Crippen LogP contribution < -0.4 is 5.32 Å². The Labute approximate surface area is 102 Å². The van der Waals surface area contributed by atoms with E-state index in [1.807, 2.05) is 18.2 Å². The SMILES string of the molecule is CCC(C)CNCc1ccc(Cl)c(Cl)c1. The molecule has 84 valence electrons. The first-order valence-corrected chi connectivity index (χ1v) is 6.03. The van der Waals surface area contributed by atoms with Gasteiger partial charge in [-0.1, -0.05) is 49.5 Å². The van der Waals surface area contributed by atoms with Crippen LogP contribution in [-0.4, -0.2) is 6.54 Å². The molecular formula is C12H17Cl2N. The van der Waals surface area contributed by atoms with Gasteiger partial charge in [0.15, 0.2) is 0 Å². The van der Waals surface area contributed by atoms with Crippen LogP contribution in [0.5, 0.6) is 0 Å². The summed E-state index contributed by atoms with van der Waals surface area (Å²) in [6.45, 7) is 6.32. The van der Waals surface area contributed by atoms with E-state index in [9.17, 15) is 0 Å². The molecule has 0 aliphatic carbocycles. The Bertz CT molecular complexity index is 312. The monoisotopic (exact) mass is 245 g/mol. The molecule has 1 unspecified atom stereocenters. The van der Waals surface area contributed by atoms with Gasteiger partial charge in [-0.15, -0.1) is 0 Å². The number of rotatable bonds is 5. The van der Waals surface area contributed by atoms with E-state index >= 15 is 0 Å². The van der Waals surface area contributed by atoms with Crippen LogP contribution in [-0.2, 0) is 6.54 Å². The van der Waals surface area contributed by atoms with Crippen molar-refractivity contribution in [3.05, 3.63) is 33.8 Å². The topological polar surface area (TPSA) is 12.0 Å². The summed E-state index contributed by atoms with van der Waals surface area (Å²) < 4.78 is 0. The van der Waals surface area contributed by atoms with E-state index in [1.165, 1.54) is 12.0 Å². The third kappa shape index (κ3) is 4.42. The van der Waals surface area contributed by atoms with Crippen LogP contribution in [0.3, 0.4) is 0 Å². The Morgan fingerprint density at radius 2 is 2.00 bits per heavy atom. The van der Waals surface area contributed by atoms with E-state index in [2.05, 4.69) is 19.2 Å². The summed E-state index contributed by atoms with van der Waals surface area (Å²) in [5.74, 6) is 0.716. The van der Waals surface area contributed by atoms with E-state index in [4.69, 9.17) is 23.2 Å². The molecule has 15 heavy (non-hydrogen) atoms. The average molecular weight is 246 g/mol. The van der Waals surface area contributed by atoms with Gasteiger partial charge in [0.05, 0.1) is 10.0 Å². The number of benzene rings is 1. The first-order valence-electron chi connectivity index (χ1n) is 5.28. The Kier molecular flexibility index (Phi) is 5.44. The van der Waals surface area contributed by atoms with Crippen LogP contribution in [0.1, 0.15) is 25.8 Å². The minimum Gasteiger partial charge on any atom is -0.312 e. The molecule has 0 saturated heterocycles. The van der Waals surface area contributed by atoms with E-state index < -0.39 is 0 Å². The van der Waals surface area contributed by atoms with E-state index in [0.717, 1.165) is 13.1 Å². The van der Waals surface area contributed by atoms with Gasteiger partial charge < -0.3 is 5.32 Å². The normalized spacial score (nSPS) is 12.8. The zero-order valence-corrected chi connectivity index (χ0v) is 10.7. The maximum Gasteiger partial charge on any atom is 0.0595 e. The first kappa shape index (κ1) is 12.8. The third-order valence-corrected chi connectivity index (χ3v) is 3.24. The molecule has 0 fully saturated rings. The largest absolute Gasteiger partial charge is 0.312 e. The molecule has 1 aromatic carbocycles. The lowest BCUT2D eigenvalue weighted by molar-refractivity contribution is 0.500. The summed E-state index contributed by atoms with van der Waals surface area (Å²) in [4.78, 5) is 0. The molecule has 0 radical (unpaired) electrons. The summed E-state index contributed by atoms with van der Waals surface area (Å²) in [5, 5.41) is 4.64. The van der Waals surface area contributed by atoms with Gasteiger partial charge in [0.25, 0.3) is 0 Å². The Morgan fingerprint density at radius 1 is 1.27 bits per heavy atom. The lowest BCUT2D eigenvalue weighted by Crippen LogP contribution is -2.20. The van der Waals surface area contributed by atoms with Crippen LogP contribution in [0, 0.1) is 5.92 Å². The van der Waals surface area contributed by atoms with Gasteiger partial charge in [-0.05, 0) is 30.2 Å². The Hall–Kier alpha value is -0.240. The maximum atomic E-state index is 5.92. The highest BCUT2D eigenvalue weighted by Crippen LogP contribution is 2.22. The summed E-state index contributed by atoms with van der Waals surface area (Å²) in [6, 6.07) is 5.75. The lowest BCUT2D eigenvalue weighted by Gasteiger charge is -2.10. The molecule has 1 rings (SSSR count). The predicted molar refractivity (Wildman–Crippen MR) is 67.6 cm³/mol. The van der Waals surface area contributed by atoms with Gasteiger partial charge in [0.1, 0.15) is 0 Å². The summed E-state index contributed by atoms with van der Waals surface area (Å²) in [5.41, 5.74) is 1.17. The Balaban J connectivity index is 2.41. The first-order chi connectivity index (χ1) is 7.13. The van der Waals surface area contributed by atoms with Crippen molar-refractivity contribution in [3.63, 3.8) is 0 Å². The minimum absolute atomic E-state index is 0.613. The van der Waals surface area contributed by atoms with Crippen molar-refractivity contribution in [3.8, 4) is 0 Å². The van der Waals surface area contributed by atoms with Crippen molar-refractivity contribution >= 4 is 23.2 Å². The average Bonchev–Trinajstić information content (AvgIpc) is 2.23. The van der Waals surface area contributed by atoms with Crippen LogP contribution in [0.4, 0.5) is 0 Å². The molecule has 0 aromatic heterocycles. The molecule has 0 aliphatic rings. The number of hydrogen-bond donors (Lipinski definition) is 1. The third-order valence-electron chi connectivity index (χ3n) is 2.50. The van der Waals surface area contributed by atoms with Crippen molar-refractivity contribution < 1.29 is 0 Å². The standard InChI is InChI=1S/C12H17Cl2N/c1-3-9(2)7-15-8-10-4-5-11(13)12(14)6-10/h4-6,9,15H,3,7-8H2,1-2H3. The lowest BCUT2D eigenvalue weighted by atomic mass is 10.1. The van der Waals surface area contributed by atoms with Crippen LogP contribution in [0.2, 0.25) is 10.0 Å². The molecule has 1 nitrogen and oxygen atoms in total. The van der Waals surface area contributed by atoms with Gasteiger partial charge in [0, 0.05) is 6.54 Å². The molecule has 1 aromatic rings. The molecule has 0 amide bonds. The van der Waals surface area contributed by atoms with Crippen molar-refractivity contribution in [2.45, 2.75) is 26.8 Å². The second kappa shape index (κ2) is 6.37. The minimum atomic E-state index is 0.613. The molecule has 3 heteroatoms. The zero-order valence-electron chi connectivity index (χ0n) is 9.19. The number of nitrogens with one attached hydrogen (secondary N) is 1. The molecule has 0 aliphatic heterocycles. The smallest absolute Gasteiger partial charge is 0.0595 e. The molecule has 1 N–H and O–H groups in total. The molecule has 0 spiro atoms. The van der Waals surface area contributed by atoms with Crippen molar-refractivity contribution in [1.29, 1.82) is 0 Å². The van der Waals surface area contributed by atoms with Crippen LogP contribution >= 0.6 is 23.2 Å². The van der Waals surface area contributed by atoms with Crippen molar-refractivity contribution in [2.75, 3.05) is 6.54 Å². The van der Waals surface area contributed by atoms with Gasteiger partial charge in [-0.2, -0.15) is 0 Å². The molecule has 1 atom stereocenters. The fourth-order valence-corrected chi connectivity index (χ4v) is 1.58. The van der Waals surface area contributed by atoms with E-state index in [1.54, 1.807) is 0 Å². The van der Waals surface area contributed by atoms with E-state index in [0.29, 0.717) is 16.0 Å². The molecular weight excluding hydrogens is 229 g/mol. The van der Waals surface area contributed by atoms with Gasteiger partial charge in [-0.25, -0.2) is 0 Å². The highest BCUT2D eigenvalue weighted by molar-refractivity contribution is 6.42. The second-order valence-electron chi connectivity index (χ2n) is 3.89. The summed E-state index contributed by atoms with van der Waals surface area (Å²) in [6.07, 6.45) is 1.20. The Morgan fingerprint density at radius 3 is 2.60 bits per heavy atom. The zero-order chi connectivity index (χ0) is 11.3. The molecule has 0 heterocycles. The highest BCUT2D eigenvalue weighted by atomic mass is 35.5. The van der Waals surface area contributed by atoms with Crippen LogP contribution in [0.15, 0.2) is 18.2 Å². The number of hydrogen-bond acceptors (Lipinski definition) is 1. The van der Waals surface area contributed by atoms with Crippen LogP contribution in [0.25, 0.3) is 0 Å². The summed E-state index contributed by atoms with van der Waals surface area (Å²) in [7, 11) is 0. The maximum absolute atomic E-state index is 5.92. The van der Waals surface area contributed by atoms with E-state index in [-0.39, 0.29) is 0 Å². The fraction of sp³-hybridized carbons (Fsp3) is 0.500. The van der Waals surface area contributed by atoms with Crippen molar-refractivity contribution in [1.82, 2.24) is 5.32 Å². The highest BCUT2D eigenvalue weighted by Gasteiger charge is 2.01. The fourth-order valence-electron chi connectivity index (χ4n) is 1.26. The predicted octanol–water partition coefficient (Wildman–Crippen LogP) is 4.13. The van der Waals surface area contributed by atoms with Gasteiger partial charge >= 0.3 is 0 Å². The molecule has 0 saturated carbocycles. The number of halogens is 2. The second-order valence-corrected chi connectivity index (χ2v) is 4.71. The molecule has 0 bridgehead atoms.